The van der Waals surface area contributed by atoms with Gasteiger partial charge in [-0.25, -0.2) is 0 Å². The van der Waals surface area contributed by atoms with Crippen LogP contribution in [0.2, 0.25) is 0 Å². The minimum Gasteiger partial charge on any atom is -0.358 e. The molecule has 140 valence electrons. The summed E-state index contributed by atoms with van der Waals surface area (Å²) in [5, 5.41) is 0. The van der Waals surface area contributed by atoms with Gasteiger partial charge in [-0.3, -0.25) is 4.79 Å². The lowest BCUT2D eigenvalue weighted by molar-refractivity contribution is -0.0635. The molecule has 3 aromatic carbocycles. The zero-order chi connectivity index (χ0) is 19.0. The van der Waals surface area contributed by atoms with Crippen molar-refractivity contribution in [3.8, 4) is 0 Å². The topological polar surface area (TPSA) is 26.3 Å². The molecule has 0 saturated heterocycles. The van der Waals surface area contributed by atoms with Gasteiger partial charge in [-0.2, -0.15) is 0 Å². The fourth-order valence-corrected chi connectivity index (χ4v) is 4.88. The van der Waals surface area contributed by atoms with Crippen LogP contribution in [0.1, 0.15) is 64.7 Å². The largest absolute Gasteiger partial charge is 0.358 e. The molecular weight excluding hydrogens is 344 g/mol. The second-order valence-electron chi connectivity index (χ2n) is 7.85. The zero-order valence-corrected chi connectivity index (χ0v) is 15.9. The Labute approximate surface area is 166 Å². The van der Waals surface area contributed by atoms with E-state index in [0.717, 1.165) is 40.7 Å². The van der Waals surface area contributed by atoms with E-state index < -0.39 is 5.60 Å². The summed E-state index contributed by atoms with van der Waals surface area (Å²) in [6.45, 7) is 0. The molecule has 0 radical (unpaired) electrons. The van der Waals surface area contributed by atoms with Crippen LogP contribution in [-0.4, -0.2) is 11.9 Å². The van der Waals surface area contributed by atoms with Gasteiger partial charge in [0.25, 0.3) is 0 Å². The predicted molar refractivity (Wildman–Crippen MR) is 111 cm³/mol. The fraction of sp³-hybridized carbons (Fsp3) is 0.269. The smallest absolute Gasteiger partial charge is 0.193 e. The Morgan fingerprint density at radius 2 is 1.21 bits per heavy atom. The van der Waals surface area contributed by atoms with E-state index in [2.05, 4.69) is 36.4 Å². The van der Waals surface area contributed by atoms with Gasteiger partial charge in [0.1, 0.15) is 5.60 Å². The Morgan fingerprint density at radius 3 is 1.82 bits per heavy atom. The molecule has 0 spiro atoms. The molecule has 0 amide bonds. The number of hydrogen-bond acceptors (Lipinski definition) is 2. The first-order valence-electron chi connectivity index (χ1n) is 10.3. The summed E-state index contributed by atoms with van der Waals surface area (Å²) in [6, 6.07) is 26.4. The van der Waals surface area contributed by atoms with Crippen LogP contribution in [-0.2, 0) is 10.3 Å². The number of fused-ring (bicyclic) bond motifs is 2. The Morgan fingerprint density at radius 1 is 0.679 bits per heavy atom. The highest BCUT2D eigenvalue weighted by atomic mass is 16.5. The lowest BCUT2D eigenvalue weighted by Crippen LogP contribution is -2.42. The molecule has 28 heavy (non-hydrogen) atoms. The Bertz CT molecular complexity index is 950. The minimum atomic E-state index is -0.746. The van der Waals surface area contributed by atoms with Crippen LogP contribution >= 0.6 is 0 Å². The number of carbonyl (C=O) groups is 1. The van der Waals surface area contributed by atoms with Gasteiger partial charge in [0.2, 0.25) is 0 Å². The summed E-state index contributed by atoms with van der Waals surface area (Å²) in [4.78, 5) is 13.3. The second-order valence-corrected chi connectivity index (χ2v) is 7.85. The van der Waals surface area contributed by atoms with Gasteiger partial charge >= 0.3 is 0 Å². The van der Waals surface area contributed by atoms with Gasteiger partial charge in [0.05, 0.1) is 6.10 Å². The number of ether oxygens (including phenoxy) is 1. The quantitative estimate of drug-likeness (QED) is 0.578. The van der Waals surface area contributed by atoms with E-state index in [-0.39, 0.29) is 11.9 Å². The molecule has 2 nitrogen and oxygen atoms in total. The first-order chi connectivity index (χ1) is 13.8. The monoisotopic (exact) mass is 368 g/mol. The first-order valence-corrected chi connectivity index (χ1v) is 10.3. The van der Waals surface area contributed by atoms with E-state index in [0.29, 0.717) is 0 Å². The maximum Gasteiger partial charge on any atom is 0.193 e. The average molecular weight is 368 g/mol. The van der Waals surface area contributed by atoms with Crippen LogP contribution in [0.5, 0.6) is 0 Å². The highest BCUT2D eigenvalue weighted by Gasteiger charge is 2.47. The van der Waals surface area contributed by atoms with Gasteiger partial charge in [-0.05, 0) is 18.4 Å². The van der Waals surface area contributed by atoms with E-state index in [1.54, 1.807) is 0 Å². The van der Waals surface area contributed by atoms with Crippen molar-refractivity contribution in [3.05, 3.63) is 107 Å². The van der Waals surface area contributed by atoms with Crippen molar-refractivity contribution in [3.63, 3.8) is 0 Å². The van der Waals surface area contributed by atoms with E-state index >= 15 is 0 Å². The zero-order valence-electron chi connectivity index (χ0n) is 15.9. The van der Waals surface area contributed by atoms with Crippen molar-refractivity contribution in [2.24, 2.45) is 0 Å². The van der Waals surface area contributed by atoms with Crippen molar-refractivity contribution in [2.45, 2.75) is 43.8 Å². The first kappa shape index (κ1) is 17.4. The third-order valence-electron chi connectivity index (χ3n) is 6.18. The van der Waals surface area contributed by atoms with Crippen molar-refractivity contribution >= 4 is 5.78 Å². The number of benzene rings is 3. The molecular formula is C26H24O2. The predicted octanol–water partition coefficient (Wildman–Crippen LogP) is 5.87. The average Bonchev–Trinajstić information content (AvgIpc) is 2.78. The lowest BCUT2D eigenvalue weighted by atomic mass is 9.70. The van der Waals surface area contributed by atoms with E-state index in [1.807, 2.05) is 42.5 Å². The molecule has 2 aliphatic carbocycles. The molecule has 0 bridgehead atoms. The third kappa shape index (κ3) is 2.63. The van der Waals surface area contributed by atoms with Gasteiger partial charge in [0, 0.05) is 22.3 Å². The summed E-state index contributed by atoms with van der Waals surface area (Å²) in [5.74, 6) is 0.0880. The molecule has 2 heteroatoms. The summed E-state index contributed by atoms with van der Waals surface area (Å²) < 4.78 is 7.06. The third-order valence-corrected chi connectivity index (χ3v) is 6.18. The number of ketones is 1. The fourth-order valence-electron chi connectivity index (χ4n) is 4.88. The van der Waals surface area contributed by atoms with E-state index in [4.69, 9.17) is 4.74 Å². The molecule has 0 aliphatic heterocycles. The molecule has 1 fully saturated rings. The molecule has 0 unspecified atom stereocenters. The van der Waals surface area contributed by atoms with Gasteiger partial charge in [-0.1, -0.05) is 98.1 Å². The van der Waals surface area contributed by atoms with Crippen molar-refractivity contribution in [1.82, 2.24) is 0 Å². The van der Waals surface area contributed by atoms with Crippen molar-refractivity contribution < 1.29 is 9.53 Å². The second kappa shape index (κ2) is 7.03. The lowest BCUT2D eigenvalue weighted by Gasteiger charge is -2.43. The van der Waals surface area contributed by atoms with Gasteiger partial charge in [-0.15, -0.1) is 0 Å². The van der Waals surface area contributed by atoms with Gasteiger partial charge < -0.3 is 4.74 Å². The molecule has 1 saturated carbocycles. The Kier molecular flexibility index (Phi) is 4.37. The van der Waals surface area contributed by atoms with Crippen LogP contribution in [0.4, 0.5) is 0 Å². The Hall–Kier alpha value is -2.71. The summed E-state index contributed by atoms with van der Waals surface area (Å²) >= 11 is 0. The number of carbonyl (C=O) groups excluding carboxylic acids is 1. The van der Waals surface area contributed by atoms with Crippen LogP contribution < -0.4 is 0 Å². The SMILES string of the molecule is O=C1c2ccccc2C(OC2CCCCC2)(c2ccccc2)c2ccccc21. The van der Waals surface area contributed by atoms with Crippen LogP contribution in [0.15, 0.2) is 78.9 Å². The van der Waals surface area contributed by atoms with Crippen molar-refractivity contribution in [2.75, 3.05) is 0 Å². The molecule has 0 heterocycles. The maximum absolute atomic E-state index is 13.3. The standard InChI is InChI=1S/C26H24O2/c27-25-21-15-7-9-17-23(21)26(19-11-3-1-4-12-19,24-18-10-8-16-22(24)25)28-20-13-5-2-6-14-20/h1,3-4,7-12,15-18,20H,2,5-6,13-14H2. The highest BCUT2D eigenvalue weighted by molar-refractivity contribution is 6.13. The summed E-state index contributed by atoms with van der Waals surface area (Å²) in [5.41, 5.74) is 3.78. The van der Waals surface area contributed by atoms with Crippen LogP contribution in [0, 0.1) is 0 Å². The maximum atomic E-state index is 13.3. The van der Waals surface area contributed by atoms with Crippen LogP contribution in [0.3, 0.4) is 0 Å². The summed E-state index contributed by atoms with van der Waals surface area (Å²) in [6.07, 6.45) is 6.04. The molecule has 0 N–H and O–H groups in total. The van der Waals surface area contributed by atoms with E-state index in [9.17, 15) is 4.79 Å². The molecule has 3 aromatic rings. The minimum absolute atomic E-state index is 0.0880. The molecule has 5 rings (SSSR count). The normalized spacial score (nSPS) is 18.4. The highest BCUT2D eigenvalue weighted by Crippen LogP contribution is 2.48. The molecule has 0 aromatic heterocycles. The summed E-state index contributed by atoms with van der Waals surface area (Å²) in [7, 11) is 0. The number of rotatable bonds is 3. The Balaban J connectivity index is 1.80. The number of hydrogen-bond donors (Lipinski definition) is 0. The van der Waals surface area contributed by atoms with E-state index in [1.165, 1.54) is 19.3 Å². The molecule has 0 atom stereocenters. The molecule has 2 aliphatic rings. The van der Waals surface area contributed by atoms with Crippen molar-refractivity contribution in [1.29, 1.82) is 0 Å². The van der Waals surface area contributed by atoms with Gasteiger partial charge in [0.15, 0.2) is 5.78 Å². The van der Waals surface area contributed by atoms with Crippen LogP contribution in [0.25, 0.3) is 0 Å².